The zero-order valence-corrected chi connectivity index (χ0v) is 7.57. The summed E-state index contributed by atoms with van der Waals surface area (Å²) in [6.07, 6.45) is 0. The van der Waals surface area contributed by atoms with Crippen LogP contribution in [-0.4, -0.2) is 0 Å². The SMILES string of the molecule is Fc1cc2ccccc2cc1P. The van der Waals surface area contributed by atoms with Crippen LogP contribution in [0.5, 0.6) is 0 Å². The van der Waals surface area contributed by atoms with Crippen LogP contribution in [0.15, 0.2) is 36.4 Å². The number of fused-ring (bicyclic) bond motifs is 1. The van der Waals surface area contributed by atoms with Gasteiger partial charge in [0.05, 0.1) is 0 Å². The lowest BCUT2D eigenvalue weighted by Crippen LogP contribution is -1.96. The second kappa shape index (κ2) is 2.84. The van der Waals surface area contributed by atoms with Gasteiger partial charge in [-0.1, -0.05) is 24.3 Å². The summed E-state index contributed by atoms with van der Waals surface area (Å²) in [5.41, 5.74) is 0. The number of hydrogen-bond donors (Lipinski definition) is 0. The van der Waals surface area contributed by atoms with Crippen LogP contribution >= 0.6 is 9.24 Å². The lowest BCUT2D eigenvalue weighted by Gasteiger charge is -1.99. The van der Waals surface area contributed by atoms with Gasteiger partial charge in [-0.25, -0.2) is 4.39 Å². The second-order valence-electron chi connectivity index (χ2n) is 2.72. The predicted molar refractivity (Wildman–Crippen MR) is 53.3 cm³/mol. The number of rotatable bonds is 0. The zero-order chi connectivity index (χ0) is 8.55. The van der Waals surface area contributed by atoms with Crippen LogP contribution in [-0.2, 0) is 0 Å². The average Bonchev–Trinajstić information content (AvgIpc) is 2.07. The minimum atomic E-state index is -0.168. The minimum Gasteiger partial charge on any atom is -0.206 e. The van der Waals surface area contributed by atoms with Crippen molar-refractivity contribution in [1.29, 1.82) is 0 Å². The first-order chi connectivity index (χ1) is 5.77. The Morgan fingerprint density at radius 3 is 2.25 bits per heavy atom. The lowest BCUT2D eigenvalue weighted by molar-refractivity contribution is 0.638. The van der Waals surface area contributed by atoms with E-state index in [9.17, 15) is 4.39 Å². The fourth-order valence-electron chi connectivity index (χ4n) is 1.23. The van der Waals surface area contributed by atoms with E-state index in [4.69, 9.17) is 0 Å². The molecule has 2 rings (SSSR count). The van der Waals surface area contributed by atoms with E-state index in [1.54, 1.807) is 6.07 Å². The van der Waals surface area contributed by atoms with Crippen molar-refractivity contribution in [1.82, 2.24) is 0 Å². The standard InChI is InChI=1S/C10H8FP/c11-9-5-7-3-1-2-4-8(7)6-10(9)12/h1-6H,12H2. The van der Waals surface area contributed by atoms with E-state index >= 15 is 0 Å². The van der Waals surface area contributed by atoms with Crippen LogP contribution in [0.4, 0.5) is 4.39 Å². The maximum absolute atomic E-state index is 13.0. The molecular formula is C10H8FP. The fraction of sp³-hybridized carbons (Fsp3) is 0. The third-order valence-electron chi connectivity index (χ3n) is 1.87. The van der Waals surface area contributed by atoms with Crippen LogP contribution in [0.25, 0.3) is 10.8 Å². The van der Waals surface area contributed by atoms with Gasteiger partial charge in [-0.3, -0.25) is 0 Å². The molecule has 0 aliphatic rings. The Morgan fingerprint density at radius 2 is 1.58 bits per heavy atom. The molecule has 0 saturated heterocycles. The summed E-state index contributed by atoms with van der Waals surface area (Å²) in [5.74, 6) is -0.168. The Labute approximate surface area is 72.6 Å². The van der Waals surface area contributed by atoms with Gasteiger partial charge in [0.1, 0.15) is 5.82 Å². The molecular weight excluding hydrogens is 170 g/mol. The molecule has 0 N–H and O–H groups in total. The average molecular weight is 178 g/mol. The predicted octanol–water partition coefficient (Wildman–Crippen LogP) is 2.48. The zero-order valence-electron chi connectivity index (χ0n) is 6.42. The largest absolute Gasteiger partial charge is 0.206 e. The Hall–Kier alpha value is -0.940. The molecule has 0 bridgehead atoms. The quantitative estimate of drug-likeness (QED) is 0.543. The van der Waals surface area contributed by atoms with Crippen molar-refractivity contribution in [3.05, 3.63) is 42.2 Å². The summed E-state index contributed by atoms with van der Waals surface area (Å²) < 4.78 is 13.0. The summed E-state index contributed by atoms with van der Waals surface area (Å²) in [5, 5.41) is 2.64. The molecule has 0 spiro atoms. The van der Waals surface area contributed by atoms with Crippen LogP contribution in [0.2, 0.25) is 0 Å². The highest BCUT2D eigenvalue weighted by molar-refractivity contribution is 7.27. The molecule has 0 saturated carbocycles. The van der Waals surface area contributed by atoms with E-state index in [0.717, 1.165) is 10.8 Å². The van der Waals surface area contributed by atoms with Gasteiger partial charge in [0.25, 0.3) is 0 Å². The van der Waals surface area contributed by atoms with E-state index in [0.29, 0.717) is 5.30 Å². The van der Waals surface area contributed by atoms with E-state index in [1.165, 1.54) is 0 Å². The van der Waals surface area contributed by atoms with Crippen LogP contribution in [0.3, 0.4) is 0 Å². The van der Waals surface area contributed by atoms with Gasteiger partial charge in [0.15, 0.2) is 0 Å². The maximum atomic E-state index is 13.0. The Morgan fingerprint density at radius 1 is 1.00 bits per heavy atom. The molecule has 1 atom stereocenters. The molecule has 0 fully saturated rings. The Kier molecular flexibility index (Phi) is 1.82. The maximum Gasteiger partial charge on any atom is 0.130 e. The molecule has 0 heterocycles. The first-order valence-electron chi connectivity index (χ1n) is 3.71. The van der Waals surface area contributed by atoms with Crippen molar-refractivity contribution in [2.24, 2.45) is 0 Å². The Balaban J connectivity index is 2.84. The topological polar surface area (TPSA) is 0 Å². The molecule has 0 amide bonds. The van der Waals surface area contributed by atoms with E-state index in [1.807, 2.05) is 30.3 Å². The molecule has 0 aliphatic heterocycles. The van der Waals surface area contributed by atoms with Gasteiger partial charge in [0.2, 0.25) is 0 Å². The molecule has 2 heteroatoms. The molecule has 0 aromatic heterocycles. The van der Waals surface area contributed by atoms with E-state index < -0.39 is 0 Å². The third-order valence-corrected chi connectivity index (χ3v) is 2.31. The highest BCUT2D eigenvalue weighted by Crippen LogP contribution is 2.14. The van der Waals surface area contributed by atoms with Crippen LogP contribution in [0, 0.1) is 5.82 Å². The van der Waals surface area contributed by atoms with Crippen molar-refractivity contribution in [3.8, 4) is 0 Å². The van der Waals surface area contributed by atoms with Crippen molar-refractivity contribution >= 4 is 25.3 Å². The van der Waals surface area contributed by atoms with E-state index in [2.05, 4.69) is 9.24 Å². The normalized spacial score (nSPS) is 10.5. The fourth-order valence-corrected chi connectivity index (χ4v) is 1.49. The number of hydrogen-bond acceptors (Lipinski definition) is 0. The van der Waals surface area contributed by atoms with Crippen LogP contribution in [0.1, 0.15) is 0 Å². The molecule has 0 aliphatic carbocycles. The summed E-state index contributed by atoms with van der Waals surface area (Å²) in [4.78, 5) is 0. The monoisotopic (exact) mass is 178 g/mol. The van der Waals surface area contributed by atoms with Gasteiger partial charge >= 0.3 is 0 Å². The Bertz CT molecular complexity index is 383. The number of halogens is 1. The molecule has 0 nitrogen and oxygen atoms in total. The highest BCUT2D eigenvalue weighted by Gasteiger charge is 1.98. The summed E-state index contributed by atoms with van der Waals surface area (Å²) in [6, 6.07) is 11.1. The van der Waals surface area contributed by atoms with Crippen molar-refractivity contribution in [3.63, 3.8) is 0 Å². The minimum absolute atomic E-state index is 0.168. The first-order valence-corrected chi connectivity index (χ1v) is 4.29. The van der Waals surface area contributed by atoms with Gasteiger partial charge in [-0.2, -0.15) is 0 Å². The molecule has 2 aromatic rings. The third kappa shape index (κ3) is 1.21. The van der Waals surface area contributed by atoms with Gasteiger partial charge in [0, 0.05) is 5.30 Å². The van der Waals surface area contributed by atoms with Gasteiger partial charge in [-0.05, 0) is 22.9 Å². The second-order valence-corrected chi connectivity index (χ2v) is 3.34. The molecule has 0 radical (unpaired) electrons. The smallest absolute Gasteiger partial charge is 0.130 e. The highest BCUT2D eigenvalue weighted by atomic mass is 31.0. The van der Waals surface area contributed by atoms with Gasteiger partial charge in [-0.15, -0.1) is 9.24 Å². The van der Waals surface area contributed by atoms with Crippen molar-refractivity contribution in [2.45, 2.75) is 0 Å². The summed E-state index contributed by atoms with van der Waals surface area (Å²) in [6.45, 7) is 0. The molecule has 2 aromatic carbocycles. The first kappa shape index (κ1) is 7.70. The van der Waals surface area contributed by atoms with E-state index in [-0.39, 0.29) is 5.82 Å². The molecule has 60 valence electrons. The van der Waals surface area contributed by atoms with Crippen molar-refractivity contribution < 1.29 is 4.39 Å². The lowest BCUT2D eigenvalue weighted by atomic mass is 10.1. The van der Waals surface area contributed by atoms with Crippen molar-refractivity contribution in [2.75, 3.05) is 0 Å². The summed E-state index contributed by atoms with van der Waals surface area (Å²) >= 11 is 0. The molecule has 12 heavy (non-hydrogen) atoms. The summed E-state index contributed by atoms with van der Waals surface area (Å²) in [7, 11) is 2.38. The molecule has 1 unspecified atom stereocenters. The van der Waals surface area contributed by atoms with Crippen LogP contribution < -0.4 is 5.30 Å². The number of benzene rings is 2. The van der Waals surface area contributed by atoms with Gasteiger partial charge < -0.3 is 0 Å².